The van der Waals surface area contributed by atoms with Crippen LogP contribution >= 0.6 is 11.6 Å². The second-order valence-electron chi connectivity index (χ2n) is 4.89. The summed E-state index contributed by atoms with van der Waals surface area (Å²) >= 11 is 6.00. The maximum atomic E-state index is 13.4. The Morgan fingerprint density at radius 3 is 2.24 bits per heavy atom. The lowest BCUT2D eigenvalue weighted by atomic mass is 9.99. The fraction of sp³-hybridized carbons (Fsp3) is 0.294. The molecule has 0 aliphatic carbocycles. The first-order chi connectivity index (χ1) is 10.1. The van der Waals surface area contributed by atoms with Gasteiger partial charge in [0.05, 0.1) is 5.02 Å². The van der Waals surface area contributed by atoms with Crippen LogP contribution in [0.2, 0.25) is 5.02 Å². The van der Waals surface area contributed by atoms with E-state index in [0.717, 1.165) is 30.7 Å². The Labute approximate surface area is 128 Å². The zero-order chi connectivity index (χ0) is 15.4. The molecule has 0 heterocycles. The van der Waals surface area contributed by atoms with E-state index in [4.69, 9.17) is 11.6 Å². The first-order valence-electron chi connectivity index (χ1n) is 7.05. The first kappa shape index (κ1) is 15.9. The van der Waals surface area contributed by atoms with Crippen molar-refractivity contribution in [1.29, 1.82) is 0 Å². The van der Waals surface area contributed by atoms with Gasteiger partial charge in [-0.25, -0.2) is 8.78 Å². The van der Waals surface area contributed by atoms with Crippen molar-refractivity contribution in [1.82, 2.24) is 5.32 Å². The molecule has 1 unspecified atom stereocenters. The standard InChI is InChI=1S/C17H18ClF2N/c1-3-17(21-4-2)12-7-5-11(6-8-12)13-9-15(19)16(20)10-14(13)18/h5-10,17,21H,3-4H2,1-2H3. The minimum Gasteiger partial charge on any atom is -0.310 e. The molecule has 0 fully saturated rings. The van der Waals surface area contributed by atoms with E-state index in [0.29, 0.717) is 11.6 Å². The summed E-state index contributed by atoms with van der Waals surface area (Å²) in [5.41, 5.74) is 2.44. The third-order valence-electron chi connectivity index (χ3n) is 3.49. The summed E-state index contributed by atoms with van der Waals surface area (Å²) in [4.78, 5) is 0. The van der Waals surface area contributed by atoms with E-state index in [2.05, 4.69) is 19.2 Å². The van der Waals surface area contributed by atoms with Crippen molar-refractivity contribution in [3.05, 3.63) is 58.6 Å². The van der Waals surface area contributed by atoms with Crippen molar-refractivity contribution < 1.29 is 8.78 Å². The highest BCUT2D eigenvalue weighted by molar-refractivity contribution is 6.33. The molecule has 1 nitrogen and oxygen atoms in total. The van der Waals surface area contributed by atoms with Gasteiger partial charge in [0.1, 0.15) is 0 Å². The quantitative estimate of drug-likeness (QED) is 0.734. The topological polar surface area (TPSA) is 12.0 Å². The lowest BCUT2D eigenvalue weighted by Gasteiger charge is -2.16. The van der Waals surface area contributed by atoms with E-state index in [1.54, 1.807) is 0 Å². The summed E-state index contributed by atoms with van der Waals surface area (Å²) in [6.45, 7) is 5.08. The summed E-state index contributed by atoms with van der Waals surface area (Å²) in [5.74, 6) is -1.82. The predicted octanol–water partition coefficient (Wildman–Crippen LogP) is 5.35. The number of halogens is 3. The molecular weight excluding hydrogens is 292 g/mol. The Hall–Kier alpha value is -1.45. The van der Waals surface area contributed by atoms with Gasteiger partial charge in [-0.3, -0.25) is 0 Å². The van der Waals surface area contributed by atoms with Crippen LogP contribution in [0.15, 0.2) is 36.4 Å². The van der Waals surface area contributed by atoms with Gasteiger partial charge < -0.3 is 5.32 Å². The molecular formula is C17H18ClF2N. The van der Waals surface area contributed by atoms with Crippen LogP contribution < -0.4 is 5.32 Å². The molecule has 2 rings (SSSR count). The zero-order valence-electron chi connectivity index (χ0n) is 12.1. The van der Waals surface area contributed by atoms with Gasteiger partial charge in [-0.1, -0.05) is 49.7 Å². The van der Waals surface area contributed by atoms with Gasteiger partial charge in [0.25, 0.3) is 0 Å². The summed E-state index contributed by atoms with van der Waals surface area (Å²) in [6.07, 6.45) is 0.985. The van der Waals surface area contributed by atoms with E-state index in [1.165, 1.54) is 5.56 Å². The molecule has 1 atom stereocenters. The summed E-state index contributed by atoms with van der Waals surface area (Å²) in [5, 5.41) is 3.61. The zero-order valence-corrected chi connectivity index (χ0v) is 12.8. The van der Waals surface area contributed by atoms with Crippen LogP contribution in [0.5, 0.6) is 0 Å². The van der Waals surface area contributed by atoms with Gasteiger partial charge in [-0.05, 0) is 36.2 Å². The molecule has 1 N–H and O–H groups in total. The highest BCUT2D eigenvalue weighted by Crippen LogP contribution is 2.31. The van der Waals surface area contributed by atoms with Crippen LogP contribution in [0.25, 0.3) is 11.1 Å². The van der Waals surface area contributed by atoms with E-state index in [1.807, 2.05) is 24.3 Å². The molecule has 0 aliphatic heterocycles. The van der Waals surface area contributed by atoms with Crippen LogP contribution in [0.4, 0.5) is 8.78 Å². The van der Waals surface area contributed by atoms with Crippen LogP contribution in [0.3, 0.4) is 0 Å². The van der Waals surface area contributed by atoms with Crippen LogP contribution in [0.1, 0.15) is 31.9 Å². The third kappa shape index (κ3) is 3.60. The van der Waals surface area contributed by atoms with E-state index in [-0.39, 0.29) is 5.02 Å². The highest BCUT2D eigenvalue weighted by atomic mass is 35.5. The van der Waals surface area contributed by atoms with E-state index in [9.17, 15) is 8.78 Å². The van der Waals surface area contributed by atoms with E-state index >= 15 is 0 Å². The average Bonchev–Trinajstić information content (AvgIpc) is 2.49. The second-order valence-corrected chi connectivity index (χ2v) is 5.29. The normalized spacial score (nSPS) is 12.4. The van der Waals surface area contributed by atoms with Gasteiger partial charge in [0.15, 0.2) is 11.6 Å². The van der Waals surface area contributed by atoms with Gasteiger partial charge in [0.2, 0.25) is 0 Å². The Kier molecular flexibility index (Phi) is 5.32. The number of hydrogen-bond donors (Lipinski definition) is 1. The van der Waals surface area contributed by atoms with Crippen LogP contribution in [-0.4, -0.2) is 6.54 Å². The van der Waals surface area contributed by atoms with Crippen LogP contribution in [0, 0.1) is 11.6 Å². The summed E-state index contributed by atoms with van der Waals surface area (Å²) < 4.78 is 26.5. The Morgan fingerprint density at radius 1 is 1.05 bits per heavy atom. The molecule has 0 aliphatic rings. The molecule has 0 saturated heterocycles. The fourth-order valence-electron chi connectivity index (χ4n) is 2.38. The molecule has 0 saturated carbocycles. The lowest BCUT2D eigenvalue weighted by molar-refractivity contribution is 0.509. The van der Waals surface area contributed by atoms with Crippen LogP contribution in [-0.2, 0) is 0 Å². The number of benzene rings is 2. The smallest absolute Gasteiger partial charge is 0.160 e. The molecule has 0 spiro atoms. The highest BCUT2D eigenvalue weighted by Gasteiger charge is 2.12. The van der Waals surface area contributed by atoms with Crippen molar-refractivity contribution in [2.24, 2.45) is 0 Å². The Balaban J connectivity index is 2.33. The average molecular weight is 310 g/mol. The molecule has 2 aromatic rings. The van der Waals surface area contributed by atoms with Crippen molar-refractivity contribution in [2.45, 2.75) is 26.3 Å². The number of nitrogens with one attached hydrogen (secondary N) is 1. The molecule has 0 radical (unpaired) electrons. The SMILES string of the molecule is CCNC(CC)c1ccc(-c2cc(F)c(F)cc2Cl)cc1. The molecule has 0 amide bonds. The van der Waals surface area contributed by atoms with Crippen molar-refractivity contribution in [3.8, 4) is 11.1 Å². The van der Waals surface area contributed by atoms with Gasteiger partial charge in [0, 0.05) is 11.6 Å². The Bertz CT molecular complexity index is 611. The van der Waals surface area contributed by atoms with Crippen molar-refractivity contribution >= 4 is 11.6 Å². The molecule has 21 heavy (non-hydrogen) atoms. The molecule has 2 aromatic carbocycles. The van der Waals surface area contributed by atoms with Crippen molar-refractivity contribution in [3.63, 3.8) is 0 Å². The predicted molar refractivity (Wildman–Crippen MR) is 83.5 cm³/mol. The molecule has 112 valence electrons. The van der Waals surface area contributed by atoms with Gasteiger partial charge >= 0.3 is 0 Å². The monoisotopic (exact) mass is 309 g/mol. The van der Waals surface area contributed by atoms with Crippen molar-refractivity contribution in [2.75, 3.05) is 6.54 Å². The molecule has 4 heteroatoms. The maximum Gasteiger partial charge on any atom is 0.160 e. The lowest BCUT2D eigenvalue weighted by Crippen LogP contribution is -2.19. The minimum absolute atomic E-state index is 0.209. The second kappa shape index (κ2) is 7.01. The minimum atomic E-state index is -0.932. The largest absolute Gasteiger partial charge is 0.310 e. The number of hydrogen-bond acceptors (Lipinski definition) is 1. The molecule has 0 bridgehead atoms. The Morgan fingerprint density at radius 2 is 1.67 bits per heavy atom. The third-order valence-corrected chi connectivity index (χ3v) is 3.81. The summed E-state index contributed by atoms with van der Waals surface area (Å²) in [6, 6.07) is 10.2. The maximum absolute atomic E-state index is 13.4. The van der Waals surface area contributed by atoms with E-state index < -0.39 is 11.6 Å². The van der Waals surface area contributed by atoms with Gasteiger partial charge in [-0.2, -0.15) is 0 Å². The fourth-order valence-corrected chi connectivity index (χ4v) is 2.64. The van der Waals surface area contributed by atoms with Gasteiger partial charge in [-0.15, -0.1) is 0 Å². The summed E-state index contributed by atoms with van der Waals surface area (Å²) in [7, 11) is 0. The number of rotatable bonds is 5. The first-order valence-corrected chi connectivity index (χ1v) is 7.42. The molecule has 0 aromatic heterocycles.